The van der Waals surface area contributed by atoms with E-state index >= 15 is 0 Å². The minimum atomic E-state index is -0.926. The average Bonchev–Trinajstić information content (AvgIpc) is 2.35. The second-order valence-electron chi connectivity index (χ2n) is 4.21. The van der Waals surface area contributed by atoms with E-state index in [0.29, 0.717) is 5.75 Å². The van der Waals surface area contributed by atoms with Crippen LogP contribution < -0.4 is 9.47 Å². The van der Waals surface area contributed by atoms with Crippen LogP contribution in [0.5, 0.6) is 11.5 Å². The summed E-state index contributed by atoms with van der Waals surface area (Å²) in [6.45, 7) is 3.57. The summed E-state index contributed by atoms with van der Waals surface area (Å²) in [6.07, 6.45) is -0.926. The normalized spacial score (nSPS) is 12.3. The fourth-order valence-corrected chi connectivity index (χ4v) is 1.64. The molecule has 0 fully saturated rings. The van der Waals surface area contributed by atoms with Gasteiger partial charge in [-0.3, -0.25) is 10.1 Å². The maximum absolute atomic E-state index is 11.0. The first-order chi connectivity index (χ1) is 8.42. The van der Waals surface area contributed by atoms with Crippen LogP contribution in [0.25, 0.3) is 0 Å². The largest absolute Gasteiger partial charge is 0.493 e. The molecule has 0 saturated carbocycles. The molecule has 0 saturated heterocycles. The van der Waals surface area contributed by atoms with Gasteiger partial charge >= 0.3 is 0 Å². The predicted octanol–water partition coefficient (Wildman–Crippen LogP) is 2.30. The summed E-state index contributed by atoms with van der Waals surface area (Å²) in [5.74, 6) is 0.489. The molecule has 1 rings (SSSR count). The van der Waals surface area contributed by atoms with E-state index in [-0.39, 0.29) is 22.9 Å². The zero-order chi connectivity index (χ0) is 13.9. The number of aliphatic hydroxyl groups excluding tert-OH is 1. The Morgan fingerprint density at radius 3 is 2.11 bits per heavy atom. The van der Waals surface area contributed by atoms with Crippen LogP contribution >= 0.6 is 0 Å². The highest BCUT2D eigenvalue weighted by molar-refractivity contribution is 5.55. The van der Waals surface area contributed by atoms with E-state index in [0.717, 1.165) is 0 Å². The number of hydrogen-bond acceptors (Lipinski definition) is 5. The van der Waals surface area contributed by atoms with Crippen LogP contribution in [0.4, 0.5) is 5.69 Å². The third kappa shape index (κ3) is 2.70. The fourth-order valence-electron chi connectivity index (χ4n) is 1.64. The van der Waals surface area contributed by atoms with Crippen molar-refractivity contribution >= 4 is 5.69 Å². The molecular weight excluding hydrogens is 238 g/mol. The van der Waals surface area contributed by atoms with Crippen LogP contribution in [0.1, 0.15) is 25.5 Å². The van der Waals surface area contributed by atoms with Gasteiger partial charge in [0, 0.05) is 0 Å². The lowest BCUT2D eigenvalue weighted by Crippen LogP contribution is -2.09. The van der Waals surface area contributed by atoms with Crippen molar-refractivity contribution in [2.24, 2.45) is 5.92 Å². The van der Waals surface area contributed by atoms with Crippen LogP contribution in [0.15, 0.2) is 12.1 Å². The number of ether oxygens (including phenoxy) is 2. The summed E-state index contributed by atoms with van der Waals surface area (Å²) >= 11 is 0. The van der Waals surface area contributed by atoms with Crippen LogP contribution in [0.3, 0.4) is 0 Å². The van der Waals surface area contributed by atoms with Gasteiger partial charge in [-0.05, 0) is 12.0 Å². The lowest BCUT2D eigenvalue weighted by atomic mass is 9.97. The van der Waals surface area contributed by atoms with Gasteiger partial charge in [0.15, 0.2) is 11.5 Å². The number of benzene rings is 1. The lowest BCUT2D eigenvalue weighted by molar-refractivity contribution is -0.386. The Hall–Kier alpha value is -1.82. The Morgan fingerprint density at radius 1 is 1.22 bits per heavy atom. The molecule has 0 amide bonds. The average molecular weight is 255 g/mol. The molecule has 0 radical (unpaired) electrons. The molecule has 0 bridgehead atoms. The minimum absolute atomic E-state index is 0.137. The molecule has 1 atom stereocenters. The van der Waals surface area contributed by atoms with Crippen LogP contribution in [0, 0.1) is 16.0 Å². The zero-order valence-corrected chi connectivity index (χ0v) is 10.8. The maximum Gasteiger partial charge on any atom is 0.279 e. The second-order valence-corrected chi connectivity index (χ2v) is 4.21. The number of nitro groups is 1. The third-order valence-electron chi connectivity index (χ3n) is 2.68. The van der Waals surface area contributed by atoms with Gasteiger partial charge in [0.1, 0.15) is 0 Å². The summed E-state index contributed by atoms with van der Waals surface area (Å²) in [5.41, 5.74) is 0.0569. The zero-order valence-electron chi connectivity index (χ0n) is 10.8. The number of hydrogen-bond donors (Lipinski definition) is 1. The maximum atomic E-state index is 11.0. The van der Waals surface area contributed by atoms with Gasteiger partial charge in [-0.25, -0.2) is 0 Å². The van der Waals surface area contributed by atoms with Crippen molar-refractivity contribution in [1.82, 2.24) is 0 Å². The SMILES string of the molecule is COc1cc(C(O)C(C)C)c([N+](=O)[O-])cc1OC. The smallest absolute Gasteiger partial charge is 0.279 e. The van der Waals surface area contributed by atoms with E-state index in [1.807, 2.05) is 0 Å². The Labute approximate surface area is 105 Å². The van der Waals surface area contributed by atoms with E-state index < -0.39 is 11.0 Å². The summed E-state index contributed by atoms with van der Waals surface area (Å²) in [5, 5.41) is 21.0. The molecule has 0 aromatic heterocycles. The fraction of sp³-hybridized carbons (Fsp3) is 0.500. The monoisotopic (exact) mass is 255 g/mol. The van der Waals surface area contributed by atoms with Gasteiger partial charge in [0.05, 0.1) is 36.9 Å². The Kier molecular flexibility index (Phi) is 4.49. The minimum Gasteiger partial charge on any atom is -0.493 e. The van der Waals surface area contributed by atoms with E-state index in [9.17, 15) is 15.2 Å². The highest BCUT2D eigenvalue weighted by Gasteiger charge is 2.26. The molecule has 6 nitrogen and oxygen atoms in total. The van der Waals surface area contributed by atoms with Crippen LogP contribution in [0.2, 0.25) is 0 Å². The molecule has 0 spiro atoms. The first-order valence-electron chi connectivity index (χ1n) is 5.50. The van der Waals surface area contributed by atoms with Gasteiger partial charge < -0.3 is 14.6 Å². The first-order valence-corrected chi connectivity index (χ1v) is 5.50. The summed E-state index contributed by atoms with van der Waals surface area (Å²) in [6, 6.07) is 2.71. The quantitative estimate of drug-likeness (QED) is 0.644. The van der Waals surface area contributed by atoms with Crippen molar-refractivity contribution in [2.45, 2.75) is 20.0 Å². The van der Waals surface area contributed by atoms with Crippen LogP contribution in [-0.2, 0) is 0 Å². The lowest BCUT2D eigenvalue weighted by Gasteiger charge is -2.17. The predicted molar refractivity (Wildman–Crippen MR) is 66.0 cm³/mol. The Morgan fingerprint density at radius 2 is 1.72 bits per heavy atom. The molecular formula is C12H17NO5. The molecule has 1 aromatic rings. The summed E-state index contributed by atoms with van der Waals surface area (Å²) in [7, 11) is 2.84. The molecule has 0 aliphatic rings. The van der Waals surface area contributed by atoms with Gasteiger partial charge in [-0.15, -0.1) is 0 Å². The molecule has 0 aliphatic heterocycles. The van der Waals surface area contributed by atoms with Crippen molar-refractivity contribution in [1.29, 1.82) is 0 Å². The molecule has 6 heteroatoms. The second kappa shape index (κ2) is 5.68. The Bertz CT molecular complexity index is 444. The Balaban J connectivity index is 3.42. The number of nitrogens with zero attached hydrogens (tertiary/aromatic N) is 1. The third-order valence-corrected chi connectivity index (χ3v) is 2.68. The van der Waals surface area contributed by atoms with Crippen LogP contribution in [-0.4, -0.2) is 24.2 Å². The molecule has 1 unspecified atom stereocenters. The van der Waals surface area contributed by atoms with Gasteiger partial charge in [0.25, 0.3) is 5.69 Å². The van der Waals surface area contributed by atoms with E-state index in [4.69, 9.17) is 9.47 Å². The molecule has 1 N–H and O–H groups in total. The molecule has 100 valence electrons. The van der Waals surface area contributed by atoms with E-state index in [1.165, 1.54) is 26.4 Å². The van der Waals surface area contributed by atoms with E-state index in [1.54, 1.807) is 13.8 Å². The molecule has 0 aliphatic carbocycles. The van der Waals surface area contributed by atoms with Crippen molar-refractivity contribution in [2.75, 3.05) is 14.2 Å². The van der Waals surface area contributed by atoms with E-state index in [2.05, 4.69) is 0 Å². The van der Waals surface area contributed by atoms with Crippen molar-refractivity contribution < 1.29 is 19.5 Å². The summed E-state index contributed by atoms with van der Waals surface area (Å²) < 4.78 is 10.1. The van der Waals surface area contributed by atoms with Gasteiger partial charge in [0.2, 0.25) is 0 Å². The highest BCUT2D eigenvalue weighted by Crippen LogP contribution is 2.39. The number of aliphatic hydroxyl groups is 1. The number of nitro benzene ring substituents is 1. The van der Waals surface area contributed by atoms with Crippen molar-refractivity contribution in [3.8, 4) is 11.5 Å². The first kappa shape index (κ1) is 14.2. The number of rotatable bonds is 5. The van der Waals surface area contributed by atoms with Crippen molar-refractivity contribution in [3.63, 3.8) is 0 Å². The standard InChI is InChI=1S/C12H17NO5/c1-7(2)12(14)8-5-10(17-3)11(18-4)6-9(8)13(15)16/h5-7,12,14H,1-4H3. The topological polar surface area (TPSA) is 81.8 Å². The van der Waals surface area contributed by atoms with Gasteiger partial charge in [-0.2, -0.15) is 0 Å². The highest BCUT2D eigenvalue weighted by atomic mass is 16.6. The molecule has 1 aromatic carbocycles. The molecule has 0 heterocycles. The van der Waals surface area contributed by atoms with Gasteiger partial charge in [-0.1, -0.05) is 13.8 Å². The summed E-state index contributed by atoms with van der Waals surface area (Å²) in [4.78, 5) is 10.5. The number of methoxy groups -OCH3 is 2. The molecule has 18 heavy (non-hydrogen) atoms. The van der Waals surface area contributed by atoms with Crippen molar-refractivity contribution in [3.05, 3.63) is 27.8 Å².